The predicted octanol–water partition coefficient (Wildman–Crippen LogP) is 0.976. The third-order valence-corrected chi connectivity index (χ3v) is 1.35. The fraction of sp³-hybridized carbons (Fsp3) is 0.667. The van der Waals surface area contributed by atoms with Gasteiger partial charge in [0.2, 0.25) is 0 Å². The molecule has 1 unspecified atom stereocenters. The number of carbonyl (C=O) groups excluding carboxylic acids is 1. The van der Waals surface area contributed by atoms with Gasteiger partial charge >= 0.3 is 5.97 Å². The molecule has 0 saturated carbocycles. The van der Waals surface area contributed by atoms with Crippen molar-refractivity contribution >= 4 is 5.97 Å². The SMILES string of the molecule is C#CC(C)(C)OC(C)C(=O)OC. The fourth-order valence-electron chi connectivity index (χ4n) is 0.690. The molecule has 3 heteroatoms. The van der Waals surface area contributed by atoms with Crippen LogP contribution in [0.15, 0.2) is 0 Å². The van der Waals surface area contributed by atoms with Gasteiger partial charge in [0.15, 0.2) is 6.10 Å². The number of hydrogen-bond donors (Lipinski definition) is 0. The van der Waals surface area contributed by atoms with Crippen LogP contribution in [-0.4, -0.2) is 24.8 Å². The van der Waals surface area contributed by atoms with Crippen molar-refractivity contribution in [2.24, 2.45) is 0 Å². The number of methoxy groups -OCH3 is 1. The molecule has 68 valence electrons. The van der Waals surface area contributed by atoms with E-state index in [-0.39, 0.29) is 0 Å². The van der Waals surface area contributed by atoms with E-state index in [1.807, 2.05) is 0 Å². The normalized spacial score (nSPS) is 13.2. The molecule has 0 aromatic rings. The Hall–Kier alpha value is -1.01. The molecular formula is C9H14O3. The largest absolute Gasteiger partial charge is 0.467 e. The van der Waals surface area contributed by atoms with Gasteiger partial charge in [-0.15, -0.1) is 6.42 Å². The lowest BCUT2D eigenvalue weighted by Gasteiger charge is -2.22. The van der Waals surface area contributed by atoms with Crippen molar-refractivity contribution < 1.29 is 14.3 Å². The summed E-state index contributed by atoms with van der Waals surface area (Å²) in [5.74, 6) is 2.00. The molecule has 0 heterocycles. The third kappa shape index (κ3) is 3.40. The highest BCUT2D eigenvalue weighted by atomic mass is 16.6. The Labute approximate surface area is 73.0 Å². The Morgan fingerprint density at radius 1 is 1.58 bits per heavy atom. The van der Waals surface area contributed by atoms with Crippen molar-refractivity contribution in [1.82, 2.24) is 0 Å². The molecule has 0 radical (unpaired) electrons. The second kappa shape index (κ2) is 4.13. The number of hydrogen-bond acceptors (Lipinski definition) is 3. The number of rotatable bonds is 3. The number of esters is 1. The number of terminal acetylenes is 1. The van der Waals surface area contributed by atoms with E-state index < -0.39 is 17.7 Å². The molecule has 3 nitrogen and oxygen atoms in total. The van der Waals surface area contributed by atoms with Crippen molar-refractivity contribution in [1.29, 1.82) is 0 Å². The molecule has 0 amide bonds. The lowest BCUT2D eigenvalue weighted by molar-refractivity contribution is -0.158. The Balaban J connectivity index is 4.11. The maximum atomic E-state index is 10.9. The van der Waals surface area contributed by atoms with Gasteiger partial charge in [0, 0.05) is 0 Å². The van der Waals surface area contributed by atoms with E-state index in [4.69, 9.17) is 11.2 Å². The molecule has 0 aliphatic rings. The smallest absolute Gasteiger partial charge is 0.334 e. The summed E-state index contributed by atoms with van der Waals surface area (Å²) >= 11 is 0. The van der Waals surface area contributed by atoms with E-state index in [0.717, 1.165) is 0 Å². The Morgan fingerprint density at radius 2 is 2.08 bits per heavy atom. The molecule has 0 bridgehead atoms. The lowest BCUT2D eigenvalue weighted by Crippen LogP contribution is -2.32. The average molecular weight is 170 g/mol. The highest BCUT2D eigenvalue weighted by Gasteiger charge is 2.23. The minimum Gasteiger partial charge on any atom is -0.467 e. The van der Waals surface area contributed by atoms with E-state index in [9.17, 15) is 4.79 Å². The summed E-state index contributed by atoms with van der Waals surface area (Å²) in [6.07, 6.45) is 4.55. The Kier molecular flexibility index (Phi) is 3.78. The second-order valence-corrected chi connectivity index (χ2v) is 2.94. The van der Waals surface area contributed by atoms with Gasteiger partial charge in [0.25, 0.3) is 0 Å². The van der Waals surface area contributed by atoms with E-state index >= 15 is 0 Å². The van der Waals surface area contributed by atoms with Crippen molar-refractivity contribution in [3.63, 3.8) is 0 Å². The number of carbonyl (C=O) groups is 1. The van der Waals surface area contributed by atoms with Crippen molar-refractivity contribution in [2.45, 2.75) is 32.5 Å². The zero-order chi connectivity index (χ0) is 9.78. The molecule has 0 rings (SSSR count). The molecule has 0 saturated heterocycles. The van der Waals surface area contributed by atoms with E-state index in [2.05, 4.69) is 10.7 Å². The standard InChI is InChI=1S/C9H14O3/c1-6-9(3,4)12-7(2)8(10)11-5/h1,7H,2-5H3. The molecule has 0 aliphatic heterocycles. The summed E-state index contributed by atoms with van der Waals surface area (Å²) in [6.45, 7) is 5.03. The first-order chi connectivity index (χ1) is 5.43. The molecule has 0 spiro atoms. The zero-order valence-corrected chi connectivity index (χ0v) is 7.88. The van der Waals surface area contributed by atoms with Gasteiger partial charge in [0.1, 0.15) is 5.60 Å². The lowest BCUT2D eigenvalue weighted by atomic mass is 10.1. The molecule has 0 aromatic carbocycles. The topological polar surface area (TPSA) is 35.5 Å². The maximum absolute atomic E-state index is 10.9. The summed E-state index contributed by atoms with van der Waals surface area (Å²) in [5, 5.41) is 0. The van der Waals surface area contributed by atoms with Crippen LogP contribution in [0.3, 0.4) is 0 Å². The summed E-state index contributed by atoms with van der Waals surface area (Å²) in [7, 11) is 1.31. The first kappa shape index (κ1) is 11.0. The Bertz CT molecular complexity index is 200. The van der Waals surface area contributed by atoms with Gasteiger partial charge < -0.3 is 9.47 Å². The minimum atomic E-state index is -0.729. The second-order valence-electron chi connectivity index (χ2n) is 2.94. The van der Waals surface area contributed by atoms with Gasteiger partial charge in [-0.1, -0.05) is 5.92 Å². The first-order valence-corrected chi connectivity index (χ1v) is 3.66. The summed E-state index contributed by atoms with van der Waals surface area (Å²) in [5.41, 5.74) is -0.729. The van der Waals surface area contributed by atoms with Crippen LogP contribution in [0.1, 0.15) is 20.8 Å². The van der Waals surface area contributed by atoms with Gasteiger partial charge in [-0.05, 0) is 20.8 Å². The average Bonchev–Trinajstić information content (AvgIpc) is 2.02. The van der Waals surface area contributed by atoms with E-state index in [0.29, 0.717) is 0 Å². The van der Waals surface area contributed by atoms with Crippen LogP contribution >= 0.6 is 0 Å². The van der Waals surface area contributed by atoms with Crippen LogP contribution in [0.2, 0.25) is 0 Å². The summed E-state index contributed by atoms with van der Waals surface area (Å²) in [6, 6.07) is 0. The fourth-order valence-corrected chi connectivity index (χ4v) is 0.690. The first-order valence-electron chi connectivity index (χ1n) is 3.66. The highest BCUT2D eigenvalue weighted by Crippen LogP contribution is 2.11. The van der Waals surface area contributed by atoms with Crippen molar-refractivity contribution in [2.75, 3.05) is 7.11 Å². The Morgan fingerprint density at radius 3 is 2.42 bits per heavy atom. The molecule has 0 aromatic heterocycles. The summed E-state index contributed by atoms with van der Waals surface area (Å²) in [4.78, 5) is 10.9. The van der Waals surface area contributed by atoms with Gasteiger partial charge in [-0.25, -0.2) is 4.79 Å². The molecule has 0 fully saturated rings. The van der Waals surface area contributed by atoms with Crippen molar-refractivity contribution in [3.8, 4) is 12.3 Å². The van der Waals surface area contributed by atoms with E-state index in [1.165, 1.54) is 7.11 Å². The van der Waals surface area contributed by atoms with Crippen LogP contribution in [0.25, 0.3) is 0 Å². The maximum Gasteiger partial charge on any atom is 0.334 e. The predicted molar refractivity (Wildman–Crippen MR) is 45.5 cm³/mol. The minimum absolute atomic E-state index is 0.418. The summed E-state index contributed by atoms with van der Waals surface area (Å²) < 4.78 is 9.70. The molecule has 12 heavy (non-hydrogen) atoms. The van der Waals surface area contributed by atoms with E-state index in [1.54, 1.807) is 20.8 Å². The van der Waals surface area contributed by atoms with Crippen LogP contribution in [0.5, 0.6) is 0 Å². The zero-order valence-electron chi connectivity index (χ0n) is 7.88. The molecular weight excluding hydrogens is 156 g/mol. The van der Waals surface area contributed by atoms with Gasteiger partial charge in [-0.2, -0.15) is 0 Å². The monoisotopic (exact) mass is 170 g/mol. The molecule has 1 atom stereocenters. The third-order valence-electron chi connectivity index (χ3n) is 1.35. The number of ether oxygens (including phenoxy) is 2. The van der Waals surface area contributed by atoms with Crippen LogP contribution in [0, 0.1) is 12.3 Å². The van der Waals surface area contributed by atoms with Crippen LogP contribution < -0.4 is 0 Å². The van der Waals surface area contributed by atoms with Crippen molar-refractivity contribution in [3.05, 3.63) is 0 Å². The molecule has 0 N–H and O–H groups in total. The molecule has 0 aliphatic carbocycles. The highest BCUT2D eigenvalue weighted by molar-refractivity contribution is 5.74. The van der Waals surface area contributed by atoms with Crippen LogP contribution in [0.4, 0.5) is 0 Å². The quantitative estimate of drug-likeness (QED) is 0.468. The van der Waals surface area contributed by atoms with Gasteiger partial charge in [-0.3, -0.25) is 0 Å². The van der Waals surface area contributed by atoms with Crippen LogP contribution in [-0.2, 0) is 14.3 Å². The van der Waals surface area contributed by atoms with Gasteiger partial charge in [0.05, 0.1) is 7.11 Å².